The molecule has 122 valence electrons. The number of hydrogen-bond donors (Lipinski definition) is 1. The van der Waals surface area contributed by atoms with Crippen LogP contribution in [0.15, 0.2) is 41.6 Å². The SMILES string of the molecule is O=S(=O)(c1cccc2cnccc12)N1CC2CCCNCC2C1. The van der Waals surface area contributed by atoms with Crippen LogP contribution in [0.4, 0.5) is 0 Å². The van der Waals surface area contributed by atoms with E-state index in [0.29, 0.717) is 29.8 Å². The van der Waals surface area contributed by atoms with Crippen LogP contribution in [-0.4, -0.2) is 43.9 Å². The molecule has 0 amide bonds. The zero-order valence-electron chi connectivity index (χ0n) is 13.0. The van der Waals surface area contributed by atoms with Crippen LogP contribution in [0.25, 0.3) is 10.8 Å². The predicted molar refractivity (Wildman–Crippen MR) is 89.6 cm³/mol. The van der Waals surface area contributed by atoms with Gasteiger partial charge < -0.3 is 5.32 Å². The van der Waals surface area contributed by atoms with Crippen LogP contribution in [0.2, 0.25) is 0 Å². The second-order valence-electron chi connectivity index (χ2n) is 6.54. The van der Waals surface area contributed by atoms with Crippen molar-refractivity contribution in [1.82, 2.24) is 14.6 Å². The smallest absolute Gasteiger partial charge is 0.243 e. The van der Waals surface area contributed by atoms with Gasteiger partial charge in [0.05, 0.1) is 4.90 Å². The number of fused-ring (bicyclic) bond motifs is 2. The number of nitrogens with zero attached hydrogens (tertiary/aromatic N) is 2. The van der Waals surface area contributed by atoms with Gasteiger partial charge in [0.25, 0.3) is 0 Å². The van der Waals surface area contributed by atoms with Crippen LogP contribution >= 0.6 is 0 Å². The number of nitrogens with one attached hydrogen (secondary N) is 1. The van der Waals surface area contributed by atoms with E-state index in [0.717, 1.165) is 36.7 Å². The second-order valence-corrected chi connectivity index (χ2v) is 8.45. The molecule has 23 heavy (non-hydrogen) atoms. The molecule has 1 N–H and O–H groups in total. The summed E-state index contributed by atoms with van der Waals surface area (Å²) in [6, 6.07) is 7.20. The second kappa shape index (κ2) is 5.85. The first kappa shape index (κ1) is 15.1. The van der Waals surface area contributed by atoms with Gasteiger partial charge in [-0.25, -0.2) is 8.42 Å². The van der Waals surface area contributed by atoms with Gasteiger partial charge >= 0.3 is 0 Å². The summed E-state index contributed by atoms with van der Waals surface area (Å²) < 4.78 is 28.0. The fourth-order valence-corrected chi connectivity index (χ4v) is 5.65. The summed E-state index contributed by atoms with van der Waals surface area (Å²) >= 11 is 0. The van der Waals surface area contributed by atoms with Crippen molar-refractivity contribution in [3.63, 3.8) is 0 Å². The highest BCUT2D eigenvalue weighted by Crippen LogP contribution is 2.34. The van der Waals surface area contributed by atoms with Crippen LogP contribution in [0, 0.1) is 11.8 Å². The lowest BCUT2D eigenvalue weighted by molar-refractivity contribution is 0.414. The van der Waals surface area contributed by atoms with Gasteiger partial charge in [-0.2, -0.15) is 4.31 Å². The van der Waals surface area contributed by atoms with E-state index in [1.807, 2.05) is 6.07 Å². The Kier molecular flexibility index (Phi) is 3.83. The number of rotatable bonds is 2. The zero-order valence-corrected chi connectivity index (χ0v) is 13.8. The molecule has 2 unspecified atom stereocenters. The van der Waals surface area contributed by atoms with E-state index in [-0.39, 0.29) is 0 Å². The average molecular weight is 331 g/mol. The van der Waals surface area contributed by atoms with Crippen LogP contribution in [0.5, 0.6) is 0 Å². The molecule has 2 aromatic rings. The normalized spacial score (nSPS) is 26.1. The van der Waals surface area contributed by atoms with Gasteiger partial charge in [-0.15, -0.1) is 0 Å². The lowest BCUT2D eigenvalue weighted by atomic mass is 9.93. The molecule has 2 fully saturated rings. The number of sulfonamides is 1. The molecule has 2 aliphatic heterocycles. The maximum absolute atomic E-state index is 13.2. The highest BCUT2D eigenvalue weighted by Gasteiger charge is 2.39. The molecule has 6 heteroatoms. The van der Waals surface area contributed by atoms with Crippen molar-refractivity contribution in [2.75, 3.05) is 26.2 Å². The first-order valence-corrected chi connectivity index (χ1v) is 9.64. The first-order valence-electron chi connectivity index (χ1n) is 8.20. The summed E-state index contributed by atoms with van der Waals surface area (Å²) in [5, 5.41) is 5.05. The monoisotopic (exact) mass is 331 g/mol. The quantitative estimate of drug-likeness (QED) is 0.912. The highest BCUT2D eigenvalue weighted by molar-refractivity contribution is 7.89. The molecule has 2 aliphatic rings. The molecule has 3 heterocycles. The van der Waals surface area contributed by atoms with Crippen molar-refractivity contribution in [2.45, 2.75) is 17.7 Å². The standard InChI is InChI=1S/C17H21N3O2S/c21-23(22,17-5-1-3-13-9-19-8-6-16(13)17)20-11-14-4-2-7-18-10-15(14)12-20/h1,3,5-6,8-9,14-15,18H,2,4,7,10-12H2. The van der Waals surface area contributed by atoms with E-state index < -0.39 is 10.0 Å². The third-order valence-electron chi connectivity index (χ3n) is 5.14. The molecular weight excluding hydrogens is 310 g/mol. The number of benzene rings is 1. The van der Waals surface area contributed by atoms with Crippen molar-refractivity contribution in [1.29, 1.82) is 0 Å². The third kappa shape index (κ3) is 2.65. The van der Waals surface area contributed by atoms with Gasteiger partial charge in [-0.05, 0) is 49.9 Å². The van der Waals surface area contributed by atoms with Crippen molar-refractivity contribution < 1.29 is 8.42 Å². The molecule has 1 aromatic carbocycles. The number of pyridine rings is 1. The van der Waals surface area contributed by atoms with Crippen LogP contribution in [0.3, 0.4) is 0 Å². The molecule has 2 saturated heterocycles. The van der Waals surface area contributed by atoms with E-state index in [1.165, 1.54) is 0 Å². The lowest BCUT2D eigenvalue weighted by Gasteiger charge is -2.18. The van der Waals surface area contributed by atoms with E-state index in [4.69, 9.17) is 0 Å². The third-order valence-corrected chi connectivity index (χ3v) is 7.03. The van der Waals surface area contributed by atoms with Gasteiger partial charge in [0.1, 0.15) is 0 Å². The Morgan fingerprint density at radius 3 is 2.96 bits per heavy atom. The average Bonchev–Trinajstić information content (AvgIpc) is 2.86. The molecule has 0 bridgehead atoms. The van der Waals surface area contributed by atoms with Gasteiger partial charge in [0.2, 0.25) is 10.0 Å². The molecule has 0 aliphatic carbocycles. The summed E-state index contributed by atoms with van der Waals surface area (Å²) in [5.41, 5.74) is 0. The van der Waals surface area contributed by atoms with Crippen molar-refractivity contribution in [3.8, 4) is 0 Å². The Balaban J connectivity index is 1.70. The minimum atomic E-state index is -3.46. The molecule has 0 radical (unpaired) electrons. The minimum Gasteiger partial charge on any atom is -0.316 e. The highest BCUT2D eigenvalue weighted by atomic mass is 32.2. The molecule has 4 rings (SSSR count). The Morgan fingerprint density at radius 2 is 2.04 bits per heavy atom. The fourth-order valence-electron chi connectivity index (χ4n) is 3.88. The van der Waals surface area contributed by atoms with Gasteiger partial charge in [0.15, 0.2) is 0 Å². The maximum Gasteiger partial charge on any atom is 0.243 e. The van der Waals surface area contributed by atoms with Crippen molar-refractivity contribution in [2.24, 2.45) is 11.8 Å². The largest absolute Gasteiger partial charge is 0.316 e. The maximum atomic E-state index is 13.2. The lowest BCUT2D eigenvalue weighted by Crippen LogP contribution is -2.31. The number of hydrogen-bond acceptors (Lipinski definition) is 4. The Labute approximate surface area is 136 Å². The Morgan fingerprint density at radius 1 is 1.17 bits per heavy atom. The summed E-state index contributed by atoms with van der Waals surface area (Å²) in [7, 11) is -3.46. The summed E-state index contributed by atoms with van der Waals surface area (Å²) in [5.74, 6) is 0.917. The minimum absolute atomic E-state index is 0.404. The molecule has 2 atom stereocenters. The topological polar surface area (TPSA) is 62.3 Å². The molecular formula is C17H21N3O2S. The van der Waals surface area contributed by atoms with Crippen LogP contribution in [-0.2, 0) is 10.0 Å². The van der Waals surface area contributed by atoms with Crippen molar-refractivity contribution in [3.05, 3.63) is 36.7 Å². The molecule has 0 spiro atoms. The van der Waals surface area contributed by atoms with Crippen LogP contribution in [0.1, 0.15) is 12.8 Å². The van der Waals surface area contributed by atoms with Gasteiger partial charge in [0, 0.05) is 36.3 Å². The Bertz CT molecular complexity index is 802. The van der Waals surface area contributed by atoms with Crippen LogP contribution < -0.4 is 5.32 Å². The number of aromatic nitrogens is 1. The summed E-state index contributed by atoms with van der Waals surface area (Å²) in [4.78, 5) is 4.49. The predicted octanol–water partition coefficient (Wildman–Crippen LogP) is 1.85. The zero-order chi connectivity index (χ0) is 15.9. The van der Waals surface area contributed by atoms with Gasteiger partial charge in [-0.3, -0.25) is 4.98 Å². The summed E-state index contributed by atoms with van der Waals surface area (Å²) in [6.07, 6.45) is 5.61. The summed E-state index contributed by atoms with van der Waals surface area (Å²) in [6.45, 7) is 3.25. The molecule has 1 aromatic heterocycles. The molecule has 0 saturated carbocycles. The fraction of sp³-hybridized carbons (Fsp3) is 0.471. The van der Waals surface area contributed by atoms with E-state index >= 15 is 0 Å². The van der Waals surface area contributed by atoms with Crippen molar-refractivity contribution >= 4 is 20.8 Å². The first-order chi connectivity index (χ1) is 11.2. The van der Waals surface area contributed by atoms with E-state index in [9.17, 15) is 8.42 Å². The van der Waals surface area contributed by atoms with Gasteiger partial charge in [-0.1, -0.05) is 12.1 Å². The molecule has 5 nitrogen and oxygen atoms in total. The van der Waals surface area contributed by atoms with E-state index in [2.05, 4.69) is 10.3 Å². The van der Waals surface area contributed by atoms with E-state index in [1.54, 1.807) is 34.9 Å². The Hall–Kier alpha value is -1.50.